The number of pyridine rings is 1. The average molecular weight is 573 g/mol. The predicted molar refractivity (Wildman–Crippen MR) is 146 cm³/mol. The highest BCUT2D eigenvalue weighted by Gasteiger charge is 2.47. The molecule has 1 saturated carbocycles. The Hall–Kier alpha value is -3.92. The lowest BCUT2D eigenvalue weighted by molar-refractivity contribution is -0.132. The molecule has 1 aliphatic rings. The van der Waals surface area contributed by atoms with E-state index < -0.39 is 55.0 Å². The highest BCUT2D eigenvalue weighted by molar-refractivity contribution is 6.31. The Morgan fingerprint density at radius 2 is 1.77 bits per heavy atom. The van der Waals surface area contributed by atoms with Crippen LogP contribution in [0.2, 0.25) is 5.02 Å². The van der Waals surface area contributed by atoms with Gasteiger partial charge in [0.15, 0.2) is 0 Å². The number of benzene rings is 2. The molecule has 0 aliphatic heterocycles. The van der Waals surface area contributed by atoms with Crippen molar-refractivity contribution in [3.8, 4) is 0 Å². The Balaban J connectivity index is 1.78. The second kappa shape index (κ2) is 12.5. The molecule has 11 heteroatoms. The van der Waals surface area contributed by atoms with E-state index in [1.54, 1.807) is 24.3 Å². The Morgan fingerprint density at radius 1 is 1.05 bits per heavy atom. The summed E-state index contributed by atoms with van der Waals surface area (Å²) in [6, 6.07) is 12.4. The molecule has 210 valence electrons. The molecule has 7 nitrogen and oxygen atoms in total. The van der Waals surface area contributed by atoms with E-state index in [-0.39, 0.29) is 28.6 Å². The minimum absolute atomic E-state index is 0.0260. The van der Waals surface area contributed by atoms with Crippen molar-refractivity contribution in [2.75, 3.05) is 16.3 Å². The largest absolute Gasteiger partial charge is 0.351 e. The van der Waals surface area contributed by atoms with Gasteiger partial charge in [0.05, 0.1) is 11.9 Å². The molecule has 1 unspecified atom stereocenters. The van der Waals surface area contributed by atoms with Crippen LogP contribution in [0, 0.1) is 5.82 Å². The third kappa shape index (κ3) is 6.80. The molecule has 0 bridgehead atoms. The SMILES string of the molecule is CCCC(=O)N(CC(=O)N(c1cccc(F)c1)C(C(=O)NC1CC(F)(F)C1)c1ccccc1Cl)c1cccnc1. The fraction of sp³-hybridized carbons (Fsp3) is 0.310. The van der Waals surface area contributed by atoms with Crippen LogP contribution in [0.3, 0.4) is 0 Å². The van der Waals surface area contributed by atoms with Crippen molar-refractivity contribution in [2.24, 2.45) is 0 Å². The van der Waals surface area contributed by atoms with Crippen LogP contribution in [0.15, 0.2) is 73.1 Å². The molecular formula is C29H28ClF3N4O3. The van der Waals surface area contributed by atoms with Gasteiger partial charge in [-0.1, -0.05) is 42.8 Å². The summed E-state index contributed by atoms with van der Waals surface area (Å²) in [5, 5.41) is 2.73. The zero-order valence-electron chi connectivity index (χ0n) is 21.7. The first-order chi connectivity index (χ1) is 19.1. The smallest absolute Gasteiger partial charge is 0.252 e. The lowest BCUT2D eigenvalue weighted by Crippen LogP contribution is -2.55. The minimum atomic E-state index is -2.89. The van der Waals surface area contributed by atoms with Crippen LogP contribution >= 0.6 is 11.6 Å². The van der Waals surface area contributed by atoms with E-state index in [0.29, 0.717) is 12.1 Å². The zero-order valence-corrected chi connectivity index (χ0v) is 22.5. The first-order valence-corrected chi connectivity index (χ1v) is 13.2. The van der Waals surface area contributed by atoms with Gasteiger partial charge in [0.2, 0.25) is 17.7 Å². The number of aromatic nitrogens is 1. The van der Waals surface area contributed by atoms with Gasteiger partial charge < -0.3 is 10.2 Å². The third-order valence-corrected chi connectivity index (χ3v) is 6.86. The van der Waals surface area contributed by atoms with Crippen LogP contribution in [0.25, 0.3) is 0 Å². The van der Waals surface area contributed by atoms with Gasteiger partial charge in [0.1, 0.15) is 18.4 Å². The van der Waals surface area contributed by atoms with Crippen molar-refractivity contribution in [3.63, 3.8) is 0 Å². The van der Waals surface area contributed by atoms with E-state index in [4.69, 9.17) is 11.6 Å². The Kier molecular flexibility index (Phi) is 9.09. The molecule has 0 spiro atoms. The predicted octanol–water partition coefficient (Wildman–Crippen LogP) is 5.70. The molecule has 1 heterocycles. The van der Waals surface area contributed by atoms with Gasteiger partial charge >= 0.3 is 0 Å². The summed E-state index contributed by atoms with van der Waals surface area (Å²) in [7, 11) is 0. The number of amides is 3. The first-order valence-electron chi connectivity index (χ1n) is 12.8. The second-order valence-corrected chi connectivity index (χ2v) is 9.99. The monoisotopic (exact) mass is 572 g/mol. The molecule has 0 saturated heterocycles. The maximum atomic E-state index is 14.4. The van der Waals surface area contributed by atoms with Crippen LogP contribution in [-0.2, 0) is 14.4 Å². The maximum absolute atomic E-state index is 14.4. The van der Waals surface area contributed by atoms with E-state index in [1.807, 2.05) is 6.92 Å². The molecule has 2 aromatic carbocycles. The highest BCUT2D eigenvalue weighted by Crippen LogP contribution is 2.39. The minimum Gasteiger partial charge on any atom is -0.351 e. The van der Waals surface area contributed by atoms with Gasteiger partial charge in [-0.15, -0.1) is 0 Å². The van der Waals surface area contributed by atoms with Crippen LogP contribution in [0.5, 0.6) is 0 Å². The van der Waals surface area contributed by atoms with Crippen molar-refractivity contribution < 1.29 is 27.6 Å². The molecule has 3 amide bonds. The number of hydrogen-bond acceptors (Lipinski definition) is 4. The van der Waals surface area contributed by atoms with E-state index in [2.05, 4.69) is 10.3 Å². The summed E-state index contributed by atoms with van der Waals surface area (Å²) in [6.45, 7) is 1.32. The molecule has 4 rings (SSSR count). The molecule has 3 aromatic rings. The quantitative estimate of drug-likeness (QED) is 0.338. The normalized spacial score (nSPS) is 15.0. The van der Waals surface area contributed by atoms with Crippen molar-refractivity contribution in [2.45, 2.75) is 50.6 Å². The Labute approximate surface area is 234 Å². The van der Waals surface area contributed by atoms with E-state index in [1.165, 1.54) is 47.6 Å². The Morgan fingerprint density at radius 3 is 2.40 bits per heavy atom. The van der Waals surface area contributed by atoms with Crippen LogP contribution in [-0.4, -0.2) is 41.2 Å². The summed E-state index contributed by atoms with van der Waals surface area (Å²) in [6.07, 6.45) is 2.54. The lowest BCUT2D eigenvalue weighted by Gasteiger charge is -2.38. The molecular weight excluding hydrogens is 545 g/mol. The van der Waals surface area contributed by atoms with E-state index in [9.17, 15) is 27.6 Å². The number of nitrogens with one attached hydrogen (secondary N) is 1. The lowest BCUT2D eigenvalue weighted by atomic mass is 9.87. The fourth-order valence-electron chi connectivity index (χ4n) is 4.60. The summed E-state index contributed by atoms with van der Waals surface area (Å²) < 4.78 is 41.5. The Bertz CT molecular complexity index is 1370. The van der Waals surface area contributed by atoms with Gasteiger partial charge in [0, 0.05) is 47.8 Å². The van der Waals surface area contributed by atoms with Gasteiger partial charge in [-0.25, -0.2) is 13.2 Å². The summed E-state index contributed by atoms with van der Waals surface area (Å²) >= 11 is 6.47. The maximum Gasteiger partial charge on any atom is 0.252 e. The van der Waals surface area contributed by atoms with Crippen molar-refractivity contribution >= 4 is 40.7 Å². The third-order valence-electron chi connectivity index (χ3n) is 6.51. The number of rotatable bonds is 10. The second-order valence-electron chi connectivity index (χ2n) is 9.58. The average Bonchev–Trinajstić information content (AvgIpc) is 2.90. The van der Waals surface area contributed by atoms with Crippen LogP contribution < -0.4 is 15.1 Å². The van der Waals surface area contributed by atoms with Gasteiger partial charge in [-0.3, -0.25) is 24.3 Å². The zero-order chi connectivity index (χ0) is 28.9. The van der Waals surface area contributed by atoms with Crippen molar-refractivity contribution in [1.29, 1.82) is 0 Å². The van der Waals surface area contributed by atoms with Gasteiger partial charge in [-0.2, -0.15) is 0 Å². The van der Waals surface area contributed by atoms with Crippen LogP contribution in [0.1, 0.15) is 44.2 Å². The van der Waals surface area contributed by atoms with Gasteiger partial charge in [-0.05, 0) is 42.8 Å². The summed E-state index contributed by atoms with van der Waals surface area (Å²) in [5.41, 5.74) is 0.597. The van der Waals surface area contributed by atoms with Gasteiger partial charge in [0.25, 0.3) is 5.92 Å². The molecule has 40 heavy (non-hydrogen) atoms. The molecule has 0 radical (unpaired) electrons. The van der Waals surface area contributed by atoms with E-state index >= 15 is 0 Å². The number of carbonyl (C=O) groups excluding carboxylic acids is 3. The number of hydrogen-bond donors (Lipinski definition) is 1. The summed E-state index contributed by atoms with van der Waals surface area (Å²) in [4.78, 5) is 47.2. The number of anilines is 2. The van der Waals surface area contributed by atoms with Crippen LogP contribution in [0.4, 0.5) is 24.5 Å². The highest BCUT2D eigenvalue weighted by atomic mass is 35.5. The molecule has 1 fully saturated rings. The topological polar surface area (TPSA) is 82.6 Å². The van der Waals surface area contributed by atoms with Crippen molar-refractivity contribution in [1.82, 2.24) is 10.3 Å². The molecule has 1 atom stereocenters. The molecule has 1 aromatic heterocycles. The number of alkyl halides is 2. The van der Waals surface area contributed by atoms with E-state index in [0.717, 1.165) is 11.0 Å². The number of halogens is 4. The molecule has 1 N–H and O–H groups in total. The first kappa shape index (κ1) is 29.1. The van der Waals surface area contributed by atoms with Crippen molar-refractivity contribution in [3.05, 3.63) is 89.5 Å². The summed E-state index contributed by atoms with van der Waals surface area (Å²) in [5.74, 6) is -5.39. The number of nitrogens with zero attached hydrogens (tertiary/aromatic N) is 3. The molecule has 1 aliphatic carbocycles. The standard InChI is InChI=1S/C29H28ClF3N4O3/c1-2-7-25(38)36(22-10-6-13-34-17-22)18-26(39)37(21-9-5-8-19(31)14-21)27(23-11-3-4-12-24(23)30)28(40)35-20-15-29(32,33)16-20/h3-6,8-14,17,20,27H,2,7,15-16,18H2,1H3,(H,35,40). The fourth-order valence-corrected chi connectivity index (χ4v) is 4.84. The number of carbonyl (C=O) groups is 3.